The van der Waals surface area contributed by atoms with Crippen molar-refractivity contribution in [3.05, 3.63) is 26.7 Å². The Hall–Kier alpha value is -1.89. The smallest absolute Gasteiger partial charge is 0.330 e. The monoisotopic (exact) mass is 224 g/mol. The third-order valence-corrected chi connectivity index (χ3v) is 2.36. The van der Waals surface area contributed by atoms with Crippen molar-refractivity contribution in [3.63, 3.8) is 0 Å². The fraction of sp³-hybridized carbons (Fsp3) is 0.444. The summed E-state index contributed by atoms with van der Waals surface area (Å²) in [5.74, 6) is 0.272. The molecule has 86 valence electrons. The number of nitrogens with zero attached hydrogens (tertiary/aromatic N) is 2. The standard InChI is InChI=1S/C9H12N4O3/c1-3-13-7-5(8(15)12-9(13)16)10-6(11-7)4(2)14/h4,14H,3H2,1-2H3,(H,10,11)(H,12,15,16). The zero-order valence-electron chi connectivity index (χ0n) is 8.94. The zero-order valence-corrected chi connectivity index (χ0v) is 8.94. The molecule has 0 fully saturated rings. The van der Waals surface area contributed by atoms with Crippen LogP contribution in [0.5, 0.6) is 0 Å². The van der Waals surface area contributed by atoms with Crippen LogP contribution >= 0.6 is 0 Å². The summed E-state index contributed by atoms with van der Waals surface area (Å²) in [6, 6.07) is 0. The molecule has 0 aromatic carbocycles. The third-order valence-electron chi connectivity index (χ3n) is 2.36. The average molecular weight is 224 g/mol. The van der Waals surface area contributed by atoms with Crippen LogP contribution < -0.4 is 11.2 Å². The molecule has 0 amide bonds. The summed E-state index contributed by atoms with van der Waals surface area (Å²) in [5.41, 5.74) is -0.544. The maximum Gasteiger partial charge on any atom is 0.330 e. The summed E-state index contributed by atoms with van der Waals surface area (Å²) in [6.45, 7) is 3.70. The lowest BCUT2D eigenvalue weighted by Gasteiger charge is -1.99. The molecule has 3 N–H and O–H groups in total. The maximum absolute atomic E-state index is 11.5. The predicted molar refractivity (Wildman–Crippen MR) is 57.3 cm³/mol. The first-order valence-corrected chi connectivity index (χ1v) is 4.95. The van der Waals surface area contributed by atoms with Crippen LogP contribution in [0.4, 0.5) is 0 Å². The number of aliphatic hydroxyl groups is 1. The molecule has 16 heavy (non-hydrogen) atoms. The lowest BCUT2D eigenvalue weighted by molar-refractivity contribution is 0.190. The molecule has 2 aromatic heterocycles. The predicted octanol–water partition coefficient (Wildman–Crippen LogP) is -0.514. The summed E-state index contributed by atoms with van der Waals surface area (Å²) in [6.07, 6.45) is -0.813. The van der Waals surface area contributed by atoms with Gasteiger partial charge in [0.05, 0.1) is 0 Å². The Morgan fingerprint density at radius 3 is 2.69 bits per heavy atom. The lowest BCUT2D eigenvalue weighted by atomic mass is 10.4. The molecule has 0 saturated carbocycles. The van der Waals surface area contributed by atoms with E-state index in [-0.39, 0.29) is 17.0 Å². The molecule has 1 atom stereocenters. The normalized spacial score (nSPS) is 13.2. The molecule has 0 aliphatic rings. The molecule has 0 aliphatic heterocycles. The average Bonchev–Trinajstić information content (AvgIpc) is 2.63. The largest absolute Gasteiger partial charge is 0.385 e. The molecule has 1 unspecified atom stereocenters. The summed E-state index contributed by atoms with van der Waals surface area (Å²) < 4.78 is 1.33. The number of aromatic amines is 2. The van der Waals surface area contributed by atoms with Crippen LogP contribution in [0.25, 0.3) is 11.2 Å². The molecule has 0 aliphatic carbocycles. The minimum Gasteiger partial charge on any atom is -0.385 e. The van der Waals surface area contributed by atoms with Crippen LogP contribution in [0.3, 0.4) is 0 Å². The summed E-state index contributed by atoms with van der Waals surface area (Å²) in [5, 5.41) is 9.36. The van der Waals surface area contributed by atoms with Crippen molar-refractivity contribution >= 4 is 11.2 Å². The molecule has 0 bridgehead atoms. The Labute approximate surface area is 89.8 Å². The van der Waals surface area contributed by atoms with Gasteiger partial charge in [0, 0.05) is 6.54 Å². The Morgan fingerprint density at radius 2 is 2.12 bits per heavy atom. The second kappa shape index (κ2) is 3.60. The first kappa shape index (κ1) is 10.6. The van der Waals surface area contributed by atoms with Crippen molar-refractivity contribution in [2.75, 3.05) is 0 Å². The van der Waals surface area contributed by atoms with Gasteiger partial charge in [-0.25, -0.2) is 9.78 Å². The number of nitrogens with one attached hydrogen (secondary N) is 2. The minimum absolute atomic E-state index is 0.206. The lowest BCUT2D eigenvalue weighted by Crippen LogP contribution is -2.29. The van der Waals surface area contributed by atoms with Crippen LogP contribution in [0, 0.1) is 0 Å². The number of H-pyrrole nitrogens is 2. The van der Waals surface area contributed by atoms with Crippen molar-refractivity contribution < 1.29 is 5.11 Å². The van der Waals surface area contributed by atoms with E-state index in [9.17, 15) is 14.7 Å². The fourth-order valence-corrected chi connectivity index (χ4v) is 1.55. The number of aryl methyl sites for hydroxylation is 1. The van der Waals surface area contributed by atoms with E-state index in [1.54, 1.807) is 6.92 Å². The van der Waals surface area contributed by atoms with Crippen molar-refractivity contribution in [2.24, 2.45) is 0 Å². The number of hydrogen-bond acceptors (Lipinski definition) is 4. The van der Waals surface area contributed by atoms with Crippen LogP contribution in [-0.2, 0) is 6.54 Å². The molecule has 7 nitrogen and oxygen atoms in total. The SMILES string of the molecule is CCn1c(=O)[nH]c(=O)c2[nH]c(C(C)O)nc21. The second-order valence-electron chi connectivity index (χ2n) is 3.50. The van der Waals surface area contributed by atoms with Gasteiger partial charge >= 0.3 is 5.69 Å². The molecular weight excluding hydrogens is 212 g/mol. The molecular formula is C9H12N4O3. The number of aromatic nitrogens is 4. The van der Waals surface area contributed by atoms with E-state index in [1.165, 1.54) is 11.5 Å². The number of imidazole rings is 1. The zero-order chi connectivity index (χ0) is 11.9. The van der Waals surface area contributed by atoms with Crippen LogP contribution in [-0.4, -0.2) is 24.6 Å². The number of hydrogen-bond donors (Lipinski definition) is 3. The third kappa shape index (κ3) is 1.45. The van der Waals surface area contributed by atoms with Gasteiger partial charge in [0.2, 0.25) is 0 Å². The van der Waals surface area contributed by atoms with E-state index in [0.717, 1.165) is 0 Å². The molecule has 2 aromatic rings. The van der Waals surface area contributed by atoms with Crippen LogP contribution in [0.1, 0.15) is 25.8 Å². The highest BCUT2D eigenvalue weighted by atomic mass is 16.3. The molecule has 0 saturated heterocycles. The topological polar surface area (TPSA) is 104 Å². The van der Waals surface area contributed by atoms with E-state index in [0.29, 0.717) is 6.54 Å². The Bertz CT molecular complexity index is 634. The highest BCUT2D eigenvalue weighted by molar-refractivity contribution is 5.69. The van der Waals surface area contributed by atoms with Gasteiger partial charge in [0.25, 0.3) is 5.56 Å². The van der Waals surface area contributed by atoms with Gasteiger partial charge in [-0.2, -0.15) is 0 Å². The van der Waals surface area contributed by atoms with Crippen LogP contribution in [0.2, 0.25) is 0 Å². The molecule has 0 spiro atoms. The first-order valence-electron chi connectivity index (χ1n) is 4.95. The summed E-state index contributed by atoms with van der Waals surface area (Å²) in [7, 11) is 0. The second-order valence-corrected chi connectivity index (χ2v) is 3.50. The van der Waals surface area contributed by atoms with E-state index in [2.05, 4.69) is 15.0 Å². The van der Waals surface area contributed by atoms with E-state index >= 15 is 0 Å². The van der Waals surface area contributed by atoms with Gasteiger partial charge < -0.3 is 10.1 Å². The fourth-order valence-electron chi connectivity index (χ4n) is 1.55. The molecule has 7 heteroatoms. The van der Waals surface area contributed by atoms with Crippen molar-refractivity contribution in [3.8, 4) is 0 Å². The minimum atomic E-state index is -0.813. The van der Waals surface area contributed by atoms with Crippen molar-refractivity contribution in [1.29, 1.82) is 0 Å². The number of rotatable bonds is 2. The van der Waals surface area contributed by atoms with E-state index in [4.69, 9.17) is 0 Å². The molecule has 2 heterocycles. The van der Waals surface area contributed by atoms with Gasteiger partial charge in [0.1, 0.15) is 17.4 Å². The van der Waals surface area contributed by atoms with E-state index in [1.807, 2.05) is 0 Å². The van der Waals surface area contributed by atoms with Gasteiger partial charge in [-0.15, -0.1) is 0 Å². The highest BCUT2D eigenvalue weighted by Crippen LogP contribution is 2.11. The van der Waals surface area contributed by atoms with Gasteiger partial charge in [0.15, 0.2) is 5.65 Å². The number of fused-ring (bicyclic) bond motifs is 1. The summed E-state index contributed by atoms with van der Waals surface area (Å²) >= 11 is 0. The maximum atomic E-state index is 11.5. The Balaban J connectivity index is 2.89. The van der Waals surface area contributed by atoms with Crippen molar-refractivity contribution in [2.45, 2.75) is 26.5 Å². The quantitative estimate of drug-likeness (QED) is 0.638. The molecule has 2 rings (SSSR count). The van der Waals surface area contributed by atoms with Crippen LogP contribution in [0.15, 0.2) is 9.59 Å². The van der Waals surface area contributed by atoms with Gasteiger partial charge in [-0.05, 0) is 13.8 Å². The Morgan fingerprint density at radius 1 is 1.44 bits per heavy atom. The van der Waals surface area contributed by atoms with Gasteiger partial charge in [-0.3, -0.25) is 14.3 Å². The number of aliphatic hydroxyl groups excluding tert-OH is 1. The summed E-state index contributed by atoms with van der Waals surface area (Å²) in [4.78, 5) is 31.9. The van der Waals surface area contributed by atoms with Gasteiger partial charge in [-0.1, -0.05) is 0 Å². The van der Waals surface area contributed by atoms with E-state index < -0.39 is 17.4 Å². The van der Waals surface area contributed by atoms with Crippen molar-refractivity contribution in [1.82, 2.24) is 19.5 Å². The molecule has 0 radical (unpaired) electrons. The highest BCUT2D eigenvalue weighted by Gasteiger charge is 2.13. The Kier molecular flexibility index (Phi) is 2.39. The first-order chi connectivity index (χ1) is 7.54.